The first kappa shape index (κ1) is 22.6. The van der Waals surface area contributed by atoms with E-state index >= 15 is 0 Å². The third-order valence-corrected chi connectivity index (χ3v) is 7.25. The zero-order valence-corrected chi connectivity index (χ0v) is 18.9. The highest BCUT2D eigenvalue weighted by Gasteiger charge is 2.29. The largest absolute Gasteiger partial charge is 0.368 e. The van der Waals surface area contributed by atoms with E-state index in [1.165, 1.54) is 46.8 Å². The molecule has 1 fully saturated rings. The summed E-state index contributed by atoms with van der Waals surface area (Å²) in [5.74, 6) is -0.178. The topological polar surface area (TPSA) is 43.9 Å². The number of hydrogen-bond acceptors (Lipinski definition) is 4. The van der Waals surface area contributed by atoms with E-state index in [1.807, 2.05) is 6.07 Å². The molecule has 0 aromatic heterocycles. The van der Waals surface area contributed by atoms with E-state index in [-0.39, 0.29) is 5.82 Å². The smallest absolute Gasteiger partial charge is 0.231 e. The molecule has 0 bridgehead atoms. The first-order valence-electron chi connectivity index (χ1n) is 10.6. The maximum atomic E-state index is 11.9. The summed E-state index contributed by atoms with van der Waals surface area (Å²) < 4.78 is 36.9. The van der Waals surface area contributed by atoms with Crippen LogP contribution in [0.25, 0.3) is 0 Å². The Balaban J connectivity index is 0.000000310. The fourth-order valence-electron chi connectivity index (χ4n) is 4.12. The molecule has 0 N–H and O–H groups in total. The molecule has 2 heterocycles. The number of halogens is 1. The number of anilines is 2. The Morgan fingerprint density at radius 2 is 1.73 bits per heavy atom. The fourth-order valence-corrected chi connectivity index (χ4v) is 4.62. The van der Waals surface area contributed by atoms with Crippen LogP contribution in [0, 0.1) is 5.82 Å². The highest BCUT2D eigenvalue weighted by molar-refractivity contribution is 7.92. The molecule has 7 heteroatoms. The van der Waals surface area contributed by atoms with Gasteiger partial charge >= 0.3 is 0 Å². The van der Waals surface area contributed by atoms with Crippen molar-refractivity contribution in [2.75, 3.05) is 48.7 Å². The second-order valence-electron chi connectivity index (χ2n) is 7.95. The van der Waals surface area contributed by atoms with E-state index in [0.29, 0.717) is 6.04 Å². The third-order valence-electron chi connectivity index (χ3n) is 6.04. The van der Waals surface area contributed by atoms with Gasteiger partial charge < -0.3 is 9.80 Å². The normalized spacial score (nSPS) is 17.3. The number of benzene rings is 2. The number of fused-ring (bicyclic) bond motifs is 1. The van der Waals surface area contributed by atoms with Crippen LogP contribution >= 0.6 is 0 Å². The van der Waals surface area contributed by atoms with Crippen molar-refractivity contribution < 1.29 is 12.8 Å². The van der Waals surface area contributed by atoms with Gasteiger partial charge in [0.1, 0.15) is 5.82 Å². The van der Waals surface area contributed by atoms with Crippen molar-refractivity contribution in [3.8, 4) is 0 Å². The van der Waals surface area contributed by atoms with Gasteiger partial charge in [-0.1, -0.05) is 31.2 Å². The fraction of sp³-hybridized carbons (Fsp3) is 0.478. The van der Waals surface area contributed by atoms with E-state index in [4.69, 9.17) is 0 Å². The summed E-state index contributed by atoms with van der Waals surface area (Å²) >= 11 is 0. The Bertz CT molecular complexity index is 929. The number of likely N-dealkylation sites (tertiary alicyclic amines) is 1. The maximum absolute atomic E-state index is 11.9. The molecule has 2 aromatic rings. The van der Waals surface area contributed by atoms with Gasteiger partial charge in [-0.2, -0.15) is 0 Å². The van der Waals surface area contributed by atoms with E-state index in [0.717, 1.165) is 38.3 Å². The number of piperidine rings is 1. The summed E-state index contributed by atoms with van der Waals surface area (Å²) in [5, 5.41) is 0. The van der Waals surface area contributed by atoms with Gasteiger partial charge in [-0.05, 0) is 55.6 Å². The molecule has 2 aliphatic heterocycles. The van der Waals surface area contributed by atoms with Gasteiger partial charge in [0.15, 0.2) is 0 Å². The lowest BCUT2D eigenvalue weighted by Crippen LogP contribution is -2.44. The van der Waals surface area contributed by atoms with Crippen molar-refractivity contribution in [1.29, 1.82) is 0 Å². The van der Waals surface area contributed by atoms with E-state index in [1.54, 1.807) is 25.2 Å². The molecule has 0 saturated carbocycles. The van der Waals surface area contributed by atoms with E-state index in [2.05, 4.69) is 28.9 Å². The molecule has 0 unspecified atom stereocenters. The zero-order chi connectivity index (χ0) is 21.7. The summed E-state index contributed by atoms with van der Waals surface area (Å²) in [6.07, 6.45) is 4.70. The lowest BCUT2D eigenvalue weighted by Gasteiger charge is -2.38. The van der Waals surface area contributed by atoms with Crippen LogP contribution < -0.4 is 9.21 Å². The van der Waals surface area contributed by atoms with E-state index < -0.39 is 10.0 Å². The van der Waals surface area contributed by atoms with Crippen LogP contribution in [0.2, 0.25) is 0 Å². The minimum atomic E-state index is -3.22. The second-order valence-corrected chi connectivity index (χ2v) is 9.96. The molecular formula is C23H32FN3O2S. The molecule has 1 saturated heterocycles. The summed E-state index contributed by atoms with van der Waals surface area (Å²) in [7, 11) is -1.60. The molecular weight excluding hydrogens is 401 g/mol. The van der Waals surface area contributed by atoms with Crippen molar-refractivity contribution in [3.63, 3.8) is 0 Å². The number of hydrogen-bond donors (Lipinski definition) is 0. The first-order valence-corrected chi connectivity index (χ1v) is 12.4. The van der Waals surface area contributed by atoms with Gasteiger partial charge in [-0.25, -0.2) is 12.8 Å². The molecule has 2 aliphatic rings. The lowest BCUT2D eigenvalue weighted by atomic mass is 10.0. The van der Waals surface area contributed by atoms with Gasteiger partial charge in [-0.15, -0.1) is 0 Å². The first-order chi connectivity index (χ1) is 14.3. The highest BCUT2D eigenvalue weighted by atomic mass is 32.2. The molecule has 0 amide bonds. The summed E-state index contributed by atoms with van der Waals surface area (Å²) in [6, 6.07) is 14.6. The molecule has 30 heavy (non-hydrogen) atoms. The summed E-state index contributed by atoms with van der Waals surface area (Å²) in [6.45, 7) is 6.73. The SMILES string of the molecule is CCN1CCC(N2CCc3ccc(N(C)S(C)(=O)=O)cc32)CC1.Fc1ccccc1. The Hall–Kier alpha value is -2.12. The lowest BCUT2D eigenvalue weighted by molar-refractivity contribution is 0.219. The van der Waals surface area contributed by atoms with Crippen molar-refractivity contribution >= 4 is 21.4 Å². The molecule has 5 nitrogen and oxygen atoms in total. The zero-order valence-electron chi connectivity index (χ0n) is 18.1. The summed E-state index contributed by atoms with van der Waals surface area (Å²) in [4.78, 5) is 5.00. The standard InChI is InChI=1S/C17H27N3O2S.C6H5F/c1-4-19-10-8-15(9-11-19)20-12-7-14-5-6-16(13-17(14)20)18(2)23(3,21)22;7-6-4-2-1-3-5-6/h5-6,13,15H,4,7-12H2,1-3H3;1-5H. The van der Waals surface area contributed by atoms with Crippen LogP contribution in [0.5, 0.6) is 0 Å². The van der Waals surface area contributed by atoms with Crippen molar-refractivity contribution in [2.24, 2.45) is 0 Å². The van der Waals surface area contributed by atoms with Crippen molar-refractivity contribution in [3.05, 3.63) is 59.9 Å². The maximum Gasteiger partial charge on any atom is 0.231 e. The second kappa shape index (κ2) is 9.79. The van der Waals surface area contributed by atoms with Gasteiger partial charge in [0.2, 0.25) is 10.0 Å². The molecule has 0 atom stereocenters. The molecule has 2 aromatic carbocycles. The average molecular weight is 434 g/mol. The van der Waals surface area contributed by atoms with Crippen LogP contribution in [0.4, 0.5) is 15.8 Å². The van der Waals surface area contributed by atoms with Crippen LogP contribution in [-0.2, 0) is 16.4 Å². The van der Waals surface area contributed by atoms with Crippen molar-refractivity contribution in [2.45, 2.75) is 32.2 Å². The average Bonchev–Trinajstić information content (AvgIpc) is 3.17. The molecule has 0 radical (unpaired) electrons. The quantitative estimate of drug-likeness (QED) is 0.737. The Kier molecular flexibility index (Phi) is 7.36. The van der Waals surface area contributed by atoms with Crippen LogP contribution in [0.15, 0.2) is 48.5 Å². The van der Waals surface area contributed by atoms with Gasteiger partial charge in [0.25, 0.3) is 0 Å². The Morgan fingerprint density at radius 3 is 2.27 bits per heavy atom. The van der Waals surface area contributed by atoms with Crippen molar-refractivity contribution in [1.82, 2.24) is 4.90 Å². The minimum absolute atomic E-state index is 0.178. The number of rotatable bonds is 4. The molecule has 4 rings (SSSR count). The highest BCUT2D eigenvalue weighted by Crippen LogP contribution is 2.35. The van der Waals surface area contributed by atoms with Crippen LogP contribution in [-0.4, -0.2) is 58.8 Å². The minimum Gasteiger partial charge on any atom is -0.368 e. The molecule has 0 spiro atoms. The Morgan fingerprint density at radius 1 is 1.07 bits per heavy atom. The van der Waals surface area contributed by atoms with Gasteiger partial charge in [0, 0.05) is 38.4 Å². The molecule has 164 valence electrons. The number of sulfonamides is 1. The van der Waals surface area contributed by atoms with E-state index in [9.17, 15) is 12.8 Å². The van der Waals surface area contributed by atoms with Crippen LogP contribution in [0.1, 0.15) is 25.3 Å². The van der Waals surface area contributed by atoms with Crippen LogP contribution in [0.3, 0.4) is 0 Å². The van der Waals surface area contributed by atoms with Gasteiger partial charge in [0.05, 0.1) is 11.9 Å². The predicted molar refractivity (Wildman–Crippen MR) is 122 cm³/mol. The summed E-state index contributed by atoms with van der Waals surface area (Å²) in [5.41, 5.74) is 3.32. The third kappa shape index (κ3) is 5.52. The molecule has 0 aliphatic carbocycles. The van der Waals surface area contributed by atoms with Gasteiger partial charge in [-0.3, -0.25) is 4.31 Å². The monoisotopic (exact) mass is 433 g/mol. The number of nitrogens with zero attached hydrogens (tertiary/aromatic N) is 3. The predicted octanol–water partition coefficient (Wildman–Crippen LogP) is 3.75. The Labute approximate surface area is 180 Å².